The number of nitrogens with zero attached hydrogens (tertiary/aromatic N) is 1. The van der Waals surface area contributed by atoms with Crippen LogP contribution in [0, 0.1) is 0 Å². The standard InChI is InChI=1S/C12H24N2O2S/c13-11-12(5-9-17(15,16)10-6-12)14-7-3-1-2-4-8-14/h1-11,13H2. The fourth-order valence-corrected chi connectivity index (χ4v) is 4.70. The van der Waals surface area contributed by atoms with E-state index >= 15 is 0 Å². The van der Waals surface area contributed by atoms with Crippen molar-refractivity contribution < 1.29 is 8.42 Å². The topological polar surface area (TPSA) is 63.4 Å². The predicted octanol–water partition coefficient (Wildman–Crippen LogP) is 0.768. The van der Waals surface area contributed by atoms with Gasteiger partial charge in [0.1, 0.15) is 9.84 Å². The van der Waals surface area contributed by atoms with Gasteiger partial charge < -0.3 is 5.73 Å². The first kappa shape index (κ1) is 13.3. The number of hydrogen-bond donors (Lipinski definition) is 1. The Balaban J connectivity index is 2.08. The highest BCUT2D eigenvalue weighted by Crippen LogP contribution is 2.31. The van der Waals surface area contributed by atoms with E-state index in [1.807, 2.05) is 0 Å². The normalized spacial score (nSPS) is 29.7. The molecule has 2 fully saturated rings. The van der Waals surface area contributed by atoms with Gasteiger partial charge in [-0.3, -0.25) is 4.90 Å². The Morgan fingerprint density at radius 1 is 1.00 bits per heavy atom. The molecule has 5 heteroatoms. The summed E-state index contributed by atoms with van der Waals surface area (Å²) >= 11 is 0. The molecule has 2 saturated heterocycles. The molecule has 0 unspecified atom stereocenters. The van der Waals surface area contributed by atoms with Crippen molar-refractivity contribution in [3.8, 4) is 0 Å². The molecular formula is C12H24N2O2S. The van der Waals surface area contributed by atoms with Crippen molar-refractivity contribution in [3.63, 3.8) is 0 Å². The highest BCUT2D eigenvalue weighted by molar-refractivity contribution is 7.91. The minimum absolute atomic E-state index is 0.0321. The molecule has 2 heterocycles. The van der Waals surface area contributed by atoms with E-state index in [9.17, 15) is 8.42 Å². The van der Waals surface area contributed by atoms with Gasteiger partial charge in [0.15, 0.2) is 0 Å². The molecule has 4 nitrogen and oxygen atoms in total. The van der Waals surface area contributed by atoms with Crippen LogP contribution in [0.25, 0.3) is 0 Å². The lowest BCUT2D eigenvalue weighted by atomic mass is 9.89. The van der Waals surface area contributed by atoms with Gasteiger partial charge in [-0.2, -0.15) is 0 Å². The van der Waals surface area contributed by atoms with Gasteiger partial charge in [-0.25, -0.2) is 8.42 Å². The van der Waals surface area contributed by atoms with E-state index in [1.165, 1.54) is 25.7 Å². The van der Waals surface area contributed by atoms with Crippen LogP contribution in [-0.4, -0.2) is 50.0 Å². The second-order valence-corrected chi connectivity index (χ2v) is 7.79. The molecule has 0 aliphatic carbocycles. The number of hydrogen-bond acceptors (Lipinski definition) is 4. The summed E-state index contributed by atoms with van der Waals surface area (Å²) in [6, 6.07) is 0. The summed E-state index contributed by atoms with van der Waals surface area (Å²) in [5.41, 5.74) is 5.94. The first-order valence-electron chi connectivity index (χ1n) is 6.74. The fraction of sp³-hybridized carbons (Fsp3) is 1.00. The molecule has 100 valence electrons. The third kappa shape index (κ3) is 3.01. The molecule has 0 aromatic carbocycles. The van der Waals surface area contributed by atoms with Crippen molar-refractivity contribution in [3.05, 3.63) is 0 Å². The Morgan fingerprint density at radius 2 is 1.53 bits per heavy atom. The monoisotopic (exact) mass is 260 g/mol. The summed E-state index contributed by atoms with van der Waals surface area (Å²) in [5, 5.41) is 0. The highest BCUT2D eigenvalue weighted by atomic mass is 32.2. The van der Waals surface area contributed by atoms with Crippen molar-refractivity contribution >= 4 is 9.84 Å². The zero-order valence-corrected chi connectivity index (χ0v) is 11.3. The van der Waals surface area contributed by atoms with Gasteiger partial charge in [0.2, 0.25) is 0 Å². The molecule has 17 heavy (non-hydrogen) atoms. The maximum atomic E-state index is 11.5. The number of likely N-dealkylation sites (tertiary alicyclic amines) is 1. The summed E-state index contributed by atoms with van der Waals surface area (Å²) in [6.07, 6.45) is 6.52. The average molecular weight is 260 g/mol. The minimum atomic E-state index is -2.79. The average Bonchev–Trinajstić information content (AvgIpc) is 2.59. The van der Waals surface area contributed by atoms with Crippen LogP contribution < -0.4 is 5.73 Å². The number of rotatable bonds is 2. The first-order chi connectivity index (χ1) is 8.08. The maximum absolute atomic E-state index is 11.5. The Kier molecular flexibility index (Phi) is 4.10. The minimum Gasteiger partial charge on any atom is -0.329 e. The van der Waals surface area contributed by atoms with Gasteiger partial charge in [0.25, 0.3) is 0 Å². The molecule has 0 radical (unpaired) electrons. The van der Waals surface area contributed by atoms with Gasteiger partial charge >= 0.3 is 0 Å². The van der Waals surface area contributed by atoms with E-state index < -0.39 is 9.84 Å². The Hall–Kier alpha value is -0.130. The second kappa shape index (κ2) is 5.24. The smallest absolute Gasteiger partial charge is 0.150 e. The van der Waals surface area contributed by atoms with Crippen molar-refractivity contribution in [2.24, 2.45) is 5.73 Å². The van der Waals surface area contributed by atoms with Gasteiger partial charge in [-0.1, -0.05) is 12.8 Å². The van der Waals surface area contributed by atoms with Crippen molar-refractivity contribution in [1.29, 1.82) is 0 Å². The van der Waals surface area contributed by atoms with Crippen molar-refractivity contribution in [2.75, 3.05) is 31.1 Å². The van der Waals surface area contributed by atoms with E-state index in [-0.39, 0.29) is 5.54 Å². The quantitative estimate of drug-likeness (QED) is 0.796. The summed E-state index contributed by atoms with van der Waals surface area (Å²) in [4.78, 5) is 2.48. The summed E-state index contributed by atoms with van der Waals surface area (Å²) in [7, 11) is -2.79. The molecule has 0 amide bonds. The predicted molar refractivity (Wildman–Crippen MR) is 69.7 cm³/mol. The summed E-state index contributed by atoms with van der Waals surface area (Å²) < 4.78 is 23.1. The first-order valence-corrected chi connectivity index (χ1v) is 8.56. The third-order valence-electron chi connectivity index (χ3n) is 4.41. The van der Waals surface area contributed by atoms with E-state index in [0.717, 1.165) is 25.9 Å². The lowest BCUT2D eigenvalue weighted by Gasteiger charge is -2.45. The van der Waals surface area contributed by atoms with Gasteiger partial charge in [-0.15, -0.1) is 0 Å². The molecule has 0 atom stereocenters. The molecule has 0 spiro atoms. The third-order valence-corrected chi connectivity index (χ3v) is 6.07. The lowest BCUT2D eigenvalue weighted by molar-refractivity contribution is 0.0868. The molecule has 2 aliphatic rings. The Labute approximate surface area is 104 Å². The lowest BCUT2D eigenvalue weighted by Crippen LogP contribution is -2.58. The maximum Gasteiger partial charge on any atom is 0.150 e. The van der Waals surface area contributed by atoms with Crippen LogP contribution in [0.2, 0.25) is 0 Å². The van der Waals surface area contributed by atoms with Crippen molar-refractivity contribution in [1.82, 2.24) is 4.90 Å². The zero-order valence-electron chi connectivity index (χ0n) is 10.5. The SMILES string of the molecule is NCC1(N2CCCCCC2)CCS(=O)(=O)CC1. The molecule has 0 aromatic rings. The zero-order chi connectivity index (χ0) is 12.4. The van der Waals surface area contributed by atoms with Crippen LogP contribution in [0.3, 0.4) is 0 Å². The van der Waals surface area contributed by atoms with E-state index in [2.05, 4.69) is 4.90 Å². The molecule has 2 N–H and O–H groups in total. The molecule has 2 rings (SSSR count). The van der Waals surface area contributed by atoms with Crippen LogP contribution in [0.15, 0.2) is 0 Å². The van der Waals surface area contributed by atoms with Crippen molar-refractivity contribution in [2.45, 2.75) is 44.1 Å². The Bertz CT molecular complexity index is 332. The molecule has 0 bridgehead atoms. The van der Waals surface area contributed by atoms with E-state index in [1.54, 1.807) is 0 Å². The van der Waals surface area contributed by atoms with Crippen LogP contribution in [0.4, 0.5) is 0 Å². The fourth-order valence-electron chi connectivity index (χ4n) is 3.11. The molecule has 0 saturated carbocycles. The molecular weight excluding hydrogens is 236 g/mol. The van der Waals surface area contributed by atoms with Crippen LogP contribution in [0.5, 0.6) is 0 Å². The summed E-state index contributed by atoms with van der Waals surface area (Å²) in [6.45, 7) is 2.79. The highest BCUT2D eigenvalue weighted by Gasteiger charge is 2.40. The van der Waals surface area contributed by atoms with Crippen LogP contribution >= 0.6 is 0 Å². The van der Waals surface area contributed by atoms with Crippen LogP contribution in [-0.2, 0) is 9.84 Å². The number of nitrogens with two attached hydrogens (primary N) is 1. The van der Waals surface area contributed by atoms with E-state index in [4.69, 9.17) is 5.73 Å². The number of sulfone groups is 1. The molecule has 2 aliphatic heterocycles. The summed E-state index contributed by atoms with van der Waals surface area (Å²) in [5.74, 6) is 0.640. The molecule has 0 aromatic heterocycles. The largest absolute Gasteiger partial charge is 0.329 e. The van der Waals surface area contributed by atoms with Gasteiger partial charge in [0, 0.05) is 12.1 Å². The van der Waals surface area contributed by atoms with Gasteiger partial charge in [0.05, 0.1) is 11.5 Å². The second-order valence-electron chi connectivity index (χ2n) is 5.48. The van der Waals surface area contributed by atoms with Gasteiger partial charge in [-0.05, 0) is 38.8 Å². The Morgan fingerprint density at radius 3 is 2.00 bits per heavy atom. The van der Waals surface area contributed by atoms with E-state index in [0.29, 0.717) is 18.1 Å². The van der Waals surface area contributed by atoms with Crippen LogP contribution in [0.1, 0.15) is 38.5 Å².